The quantitative estimate of drug-likeness (QED) is 0.908. The number of anilines is 1. The summed E-state index contributed by atoms with van der Waals surface area (Å²) in [7, 11) is 0. The minimum atomic E-state index is -0.0696. The average Bonchev–Trinajstić information content (AvgIpc) is 2.63. The summed E-state index contributed by atoms with van der Waals surface area (Å²) >= 11 is 6.09. The molecule has 1 aromatic heterocycles. The Morgan fingerprint density at radius 2 is 2.09 bits per heavy atom. The van der Waals surface area contributed by atoms with Crippen molar-refractivity contribution in [2.45, 2.75) is 27.2 Å². The lowest BCUT2D eigenvalue weighted by atomic mass is 9.92. The molecule has 1 aromatic carbocycles. The first-order chi connectivity index (χ1) is 10.3. The van der Waals surface area contributed by atoms with Crippen LogP contribution in [0.25, 0.3) is 16.7 Å². The molecule has 1 aliphatic carbocycles. The number of hydrogen-bond acceptors (Lipinski definition) is 2. The van der Waals surface area contributed by atoms with Crippen LogP contribution in [0, 0.1) is 5.41 Å². The Morgan fingerprint density at radius 1 is 1.36 bits per heavy atom. The fraction of sp³-hybridized carbons (Fsp3) is 0.294. The zero-order valence-corrected chi connectivity index (χ0v) is 13.6. The molecule has 5 heteroatoms. The van der Waals surface area contributed by atoms with Gasteiger partial charge in [-0.3, -0.25) is 14.7 Å². The number of halogens is 1. The van der Waals surface area contributed by atoms with Crippen molar-refractivity contribution >= 4 is 40.2 Å². The summed E-state index contributed by atoms with van der Waals surface area (Å²) in [4.78, 5) is 16.7. The number of hydrogen-bond donors (Lipinski definition) is 1. The van der Waals surface area contributed by atoms with Crippen molar-refractivity contribution < 1.29 is 4.79 Å². The van der Waals surface area contributed by atoms with Crippen LogP contribution in [0.3, 0.4) is 0 Å². The van der Waals surface area contributed by atoms with E-state index in [4.69, 9.17) is 11.6 Å². The summed E-state index contributed by atoms with van der Waals surface area (Å²) in [6.07, 6.45) is 6.33. The lowest BCUT2D eigenvalue weighted by Gasteiger charge is -2.18. The SMILES string of the molecule is CC(C)(C)CC(=O)Nc1nc2ccc(Cl)cc2n1C1=CC=C1. The molecule has 0 spiro atoms. The molecule has 2 aromatic rings. The summed E-state index contributed by atoms with van der Waals surface area (Å²) in [5, 5.41) is 3.56. The number of allylic oxidation sites excluding steroid dienone is 4. The molecule has 0 saturated heterocycles. The Balaban J connectivity index is 2.00. The molecule has 1 aliphatic rings. The summed E-state index contributed by atoms with van der Waals surface area (Å²) in [5.41, 5.74) is 2.60. The Bertz CT molecular complexity index is 809. The predicted octanol–water partition coefficient (Wildman–Crippen LogP) is 4.48. The predicted molar refractivity (Wildman–Crippen MR) is 90.9 cm³/mol. The van der Waals surface area contributed by atoms with Crippen molar-refractivity contribution in [3.05, 3.63) is 41.4 Å². The van der Waals surface area contributed by atoms with Gasteiger partial charge in [-0.25, -0.2) is 4.98 Å². The fourth-order valence-electron chi connectivity index (χ4n) is 2.38. The highest BCUT2D eigenvalue weighted by Crippen LogP contribution is 2.30. The normalized spacial score (nSPS) is 13.9. The lowest BCUT2D eigenvalue weighted by Crippen LogP contribution is -2.21. The van der Waals surface area contributed by atoms with Gasteiger partial charge in [-0.15, -0.1) is 0 Å². The molecule has 0 saturated carbocycles. The Labute approximate surface area is 134 Å². The molecule has 0 aliphatic heterocycles. The second-order valence-corrected chi connectivity index (χ2v) is 7.08. The second-order valence-electron chi connectivity index (χ2n) is 6.64. The zero-order chi connectivity index (χ0) is 15.9. The van der Waals surface area contributed by atoms with Crippen molar-refractivity contribution in [2.24, 2.45) is 5.41 Å². The van der Waals surface area contributed by atoms with Gasteiger partial charge < -0.3 is 0 Å². The van der Waals surface area contributed by atoms with Crippen LogP contribution in [-0.4, -0.2) is 15.5 Å². The average molecular weight is 316 g/mol. The number of rotatable bonds is 3. The highest BCUT2D eigenvalue weighted by atomic mass is 35.5. The van der Waals surface area contributed by atoms with Crippen molar-refractivity contribution in [3.8, 4) is 0 Å². The molecule has 1 amide bonds. The number of aromatic nitrogens is 2. The molecular weight excluding hydrogens is 298 g/mol. The maximum absolute atomic E-state index is 12.2. The van der Waals surface area contributed by atoms with Crippen LogP contribution in [0.15, 0.2) is 36.4 Å². The molecular formula is C17H18ClN3O. The molecule has 0 unspecified atom stereocenters. The number of amides is 1. The molecule has 22 heavy (non-hydrogen) atoms. The molecule has 0 atom stereocenters. The van der Waals surface area contributed by atoms with Crippen molar-refractivity contribution in [2.75, 3.05) is 5.32 Å². The van der Waals surface area contributed by atoms with Crippen LogP contribution in [0.5, 0.6) is 0 Å². The molecule has 1 N–H and O–H groups in total. The van der Waals surface area contributed by atoms with Gasteiger partial charge >= 0.3 is 0 Å². The number of nitrogens with zero attached hydrogens (tertiary/aromatic N) is 2. The minimum absolute atomic E-state index is 0.0425. The Kier molecular flexibility index (Phi) is 3.57. The molecule has 0 fully saturated rings. The molecule has 4 nitrogen and oxygen atoms in total. The van der Waals surface area contributed by atoms with E-state index in [0.717, 1.165) is 16.7 Å². The summed E-state index contributed by atoms with van der Waals surface area (Å²) in [6, 6.07) is 5.51. The van der Waals surface area contributed by atoms with E-state index in [2.05, 4.69) is 10.3 Å². The van der Waals surface area contributed by atoms with E-state index in [0.29, 0.717) is 17.4 Å². The van der Waals surface area contributed by atoms with E-state index in [1.165, 1.54) is 0 Å². The molecule has 0 bridgehead atoms. The first-order valence-corrected chi connectivity index (χ1v) is 7.58. The van der Waals surface area contributed by atoms with Crippen LogP contribution in [0.1, 0.15) is 27.2 Å². The first kappa shape index (κ1) is 14.9. The highest BCUT2D eigenvalue weighted by molar-refractivity contribution is 6.31. The van der Waals surface area contributed by atoms with Gasteiger partial charge in [0.2, 0.25) is 11.9 Å². The third kappa shape index (κ3) is 2.92. The lowest BCUT2D eigenvalue weighted by molar-refractivity contribution is -0.117. The second kappa shape index (κ2) is 5.29. The van der Waals surface area contributed by atoms with Crippen molar-refractivity contribution in [1.29, 1.82) is 0 Å². The summed E-state index contributed by atoms with van der Waals surface area (Å²) in [6.45, 7) is 6.10. The van der Waals surface area contributed by atoms with Crippen LogP contribution in [-0.2, 0) is 4.79 Å². The fourth-order valence-corrected chi connectivity index (χ4v) is 2.54. The van der Waals surface area contributed by atoms with Crippen molar-refractivity contribution in [3.63, 3.8) is 0 Å². The minimum Gasteiger partial charge on any atom is -0.296 e. The maximum Gasteiger partial charge on any atom is 0.227 e. The van der Waals surface area contributed by atoms with Gasteiger partial charge in [0.05, 0.1) is 11.0 Å². The van der Waals surface area contributed by atoms with Gasteiger partial charge in [0.15, 0.2) is 0 Å². The summed E-state index contributed by atoms with van der Waals surface area (Å²) in [5.74, 6) is 0.487. The van der Waals surface area contributed by atoms with Gasteiger partial charge in [0.25, 0.3) is 0 Å². The van der Waals surface area contributed by atoms with Gasteiger partial charge in [-0.1, -0.05) is 38.4 Å². The first-order valence-electron chi connectivity index (χ1n) is 7.20. The maximum atomic E-state index is 12.2. The molecule has 114 valence electrons. The monoisotopic (exact) mass is 315 g/mol. The van der Waals surface area contributed by atoms with Gasteiger partial charge in [0, 0.05) is 17.1 Å². The van der Waals surface area contributed by atoms with Crippen LogP contribution in [0.4, 0.5) is 5.95 Å². The third-order valence-electron chi connectivity index (χ3n) is 3.35. The topological polar surface area (TPSA) is 46.9 Å². The van der Waals surface area contributed by atoms with E-state index in [1.54, 1.807) is 6.07 Å². The number of fused-ring (bicyclic) bond motifs is 1. The van der Waals surface area contributed by atoms with E-state index < -0.39 is 0 Å². The van der Waals surface area contributed by atoms with Gasteiger partial charge in [-0.2, -0.15) is 0 Å². The van der Waals surface area contributed by atoms with Crippen molar-refractivity contribution in [1.82, 2.24) is 9.55 Å². The molecule has 0 radical (unpaired) electrons. The third-order valence-corrected chi connectivity index (χ3v) is 3.59. The van der Waals surface area contributed by atoms with E-state index in [-0.39, 0.29) is 11.3 Å². The van der Waals surface area contributed by atoms with Crippen LogP contribution < -0.4 is 5.32 Å². The smallest absolute Gasteiger partial charge is 0.227 e. The number of nitrogens with one attached hydrogen (secondary N) is 1. The van der Waals surface area contributed by atoms with Gasteiger partial charge in [-0.05, 0) is 35.8 Å². The molecule has 3 rings (SSSR count). The van der Waals surface area contributed by atoms with E-state index >= 15 is 0 Å². The number of carbonyl (C=O) groups is 1. The van der Waals surface area contributed by atoms with E-state index in [1.807, 2.05) is 55.7 Å². The van der Waals surface area contributed by atoms with Crippen LogP contribution >= 0.6 is 11.6 Å². The Hall–Kier alpha value is -2.07. The highest BCUT2D eigenvalue weighted by Gasteiger charge is 2.20. The number of carbonyl (C=O) groups excluding carboxylic acids is 1. The number of imidazole rings is 1. The van der Waals surface area contributed by atoms with Crippen LogP contribution in [0.2, 0.25) is 5.02 Å². The number of benzene rings is 1. The van der Waals surface area contributed by atoms with E-state index in [9.17, 15) is 4.79 Å². The standard InChI is InChI=1S/C17H18ClN3O/c1-17(2,3)10-15(22)20-16-19-13-8-7-11(18)9-14(13)21(16)12-5-4-6-12/h4-9H,10H2,1-3H3,(H,19,20,22). The largest absolute Gasteiger partial charge is 0.296 e. The molecule has 1 heterocycles. The van der Waals surface area contributed by atoms with Gasteiger partial charge in [0.1, 0.15) is 0 Å². The Morgan fingerprint density at radius 3 is 2.68 bits per heavy atom. The summed E-state index contributed by atoms with van der Waals surface area (Å²) < 4.78 is 1.92. The zero-order valence-electron chi connectivity index (χ0n) is 12.9.